The molecule has 0 unspecified atom stereocenters. The third-order valence-electron chi connectivity index (χ3n) is 5.38. The second-order valence-electron chi connectivity index (χ2n) is 6.63. The Labute approximate surface area is 160 Å². The van der Waals surface area contributed by atoms with Gasteiger partial charge in [-0.15, -0.1) is 0 Å². The molecule has 0 saturated heterocycles. The third-order valence-corrected chi connectivity index (χ3v) is 11.3. The van der Waals surface area contributed by atoms with Crippen LogP contribution in [0.4, 0.5) is 0 Å². The van der Waals surface area contributed by atoms with Crippen LogP contribution in [0, 0.1) is 0 Å². The first-order valence-electron chi connectivity index (χ1n) is 9.03. The van der Waals surface area contributed by atoms with Crippen LogP contribution in [0.15, 0.2) is 121 Å². The molecule has 0 aromatic heterocycles. The summed E-state index contributed by atoms with van der Waals surface area (Å²) >= 11 is 0. The van der Waals surface area contributed by atoms with Crippen molar-refractivity contribution in [3.63, 3.8) is 0 Å². The van der Waals surface area contributed by atoms with Crippen molar-refractivity contribution >= 4 is 33.8 Å². The molecule has 0 heterocycles. The summed E-state index contributed by atoms with van der Waals surface area (Å²) in [6.45, 7) is -3.52. The summed E-state index contributed by atoms with van der Waals surface area (Å²) in [6, 6.07) is 42.2. The van der Waals surface area contributed by atoms with Gasteiger partial charge >= 0.3 is 160 Å². The molecule has 0 aliphatic rings. The van der Waals surface area contributed by atoms with E-state index in [0.29, 0.717) is 0 Å². The zero-order chi connectivity index (χ0) is 18.6. The number of rotatable bonds is 5. The molecular formula is C25H21OP. The second kappa shape index (κ2) is 6.95. The first-order chi connectivity index (χ1) is 13.3. The van der Waals surface area contributed by atoms with E-state index in [1.165, 1.54) is 6.03 Å². The van der Waals surface area contributed by atoms with Crippen LogP contribution < -0.4 is 21.2 Å². The SMILES string of the molecule is O=CP(c1ccccc1)(c1ccccc1)(c1ccccc1)c1ccccc1. The van der Waals surface area contributed by atoms with Crippen molar-refractivity contribution in [3.8, 4) is 0 Å². The number of carbonyl (C=O) groups excluding carboxylic acids is 1. The van der Waals surface area contributed by atoms with E-state index in [0.717, 1.165) is 21.2 Å². The van der Waals surface area contributed by atoms with Crippen LogP contribution >= 0.6 is 6.60 Å². The van der Waals surface area contributed by atoms with Gasteiger partial charge in [-0.05, 0) is 0 Å². The molecule has 4 aromatic carbocycles. The van der Waals surface area contributed by atoms with E-state index < -0.39 is 6.60 Å². The Kier molecular flexibility index (Phi) is 4.48. The van der Waals surface area contributed by atoms with Crippen LogP contribution in [-0.2, 0) is 4.79 Å². The summed E-state index contributed by atoms with van der Waals surface area (Å²) in [6.07, 6.45) is 0. The van der Waals surface area contributed by atoms with Crippen molar-refractivity contribution in [3.05, 3.63) is 121 Å². The summed E-state index contributed by atoms with van der Waals surface area (Å²) in [5, 5.41) is 4.23. The van der Waals surface area contributed by atoms with E-state index in [9.17, 15) is 4.79 Å². The third kappa shape index (κ3) is 2.40. The summed E-state index contributed by atoms with van der Waals surface area (Å²) in [7, 11) is 0. The molecule has 0 bridgehead atoms. The van der Waals surface area contributed by atoms with Crippen LogP contribution in [0.5, 0.6) is 0 Å². The minimum atomic E-state index is -3.52. The topological polar surface area (TPSA) is 17.1 Å². The predicted octanol–water partition coefficient (Wildman–Crippen LogP) is 4.03. The zero-order valence-electron chi connectivity index (χ0n) is 15.0. The van der Waals surface area contributed by atoms with Crippen LogP contribution in [0.3, 0.4) is 0 Å². The van der Waals surface area contributed by atoms with E-state index in [1.807, 2.05) is 72.8 Å². The molecule has 0 radical (unpaired) electrons. The number of benzene rings is 4. The summed E-state index contributed by atoms with van der Waals surface area (Å²) in [5.74, 6) is 0. The van der Waals surface area contributed by atoms with Gasteiger partial charge in [-0.2, -0.15) is 0 Å². The normalized spacial score (nSPS) is 12.7. The fourth-order valence-corrected chi connectivity index (χ4v) is 9.53. The van der Waals surface area contributed by atoms with Gasteiger partial charge in [0.05, 0.1) is 0 Å². The Hall–Kier alpha value is -3.02. The Morgan fingerprint density at radius 2 is 0.630 bits per heavy atom. The maximum absolute atomic E-state index is 13.4. The van der Waals surface area contributed by atoms with E-state index in [4.69, 9.17) is 0 Å². The van der Waals surface area contributed by atoms with Gasteiger partial charge < -0.3 is 0 Å². The van der Waals surface area contributed by atoms with Gasteiger partial charge in [0.1, 0.15) is 0 Å². The van der Waals surface area contributed by atoms with Gasteiger partial charge in [0.15, 0.2) is 0 Å². The Morgan fingerprint density at radius 1 is 0.407 bits per heavy atom. The molecule has 2 heteroatoms. The van der Waals surface area contributed by atoms with Gasteiger partial charge in [-0.1, -0.05) is 0 Å². The fraction of sp³-hybridized carbons (Fsp3) is 0. The average molecular weight is 368 g/mol. The van der Waals surface area contributed by atoms with E-state index >= 15 is 0 Å². The van der Waals surface area contributed by atoms with Crippen molar-refractivity contribution < 1.29 is 4.79 Å². The monoisotopic (exact) mass is 368 g/mol. The molecule has 0 atom stereocenters. The molecule has 0 amide bonds. The van der Waals surface area contributed by atoms with Gasteiger partial charge in [-0.25, -0.2) is 0 Å². The number of hydrogen-bond donors (Lipinski definition) is 0. The summed E-state index contributed by atoms with van der Waals surface area (Å²) < 4.78 is 0. The summed E-state index contributed by atoms with van der Waals surface area (Å²) in [5.41, 5.74) is 0. The van der Waals surface area contributed by atoms with E-state index in [1.54, 1.807) is 0 Å². The second-order valence-corrected chi connectivity index (χ2v) is 11.3. The molecular weight excluding hydrogens is 347 g/mol. The average Bonchev–Trinajstić information content (AvgIpc) is 2.78. The van der Waals surface area contributed by atoms with Gasteiger partial charge in [0, 0.05) is 0 Å². The molecule has 4 rings (SSSR count). The molecule has 0 aliphatic heterocycles. The van der Waals surface area contributed by atoms with Crippen molar-refractivity contribution in [2.75, 3.05) is 0 Å². The first-order valence-corrected chi connectivity index (χ1v) is 11.3. The fourth-order valence-electron chi connectivity index (χ4n) is 4.09. The molecule has 0 spiro atoms. The van der Waals surface area contributed by atoms with Gasteiger partial charge in [-0.3, -0.25) is 0 Å². The van der Waals surface area contributed by atoms with Gasteiger partial charge in [0.2, 0.25) is 0 Å². The predicted molar refractivity (Wildman–Crippen MR) is 118 cm³/mol. The standard InChI is InChI=1S/C25H21OP/c26-21-27(22-13-5-1-6-14-22,23-15-7-2-8-16-23,24-17-9-3-10-18-24)25-19-11-4-12-20-25/h1-21H. The molecule has 27 heavy (non-hydrogen) atoms. The molecule has 132 valence electrons. The van der Waals surface area contributed by atoms with Crippen molar-refractivity contribution in [1.82, 2.24) is 0 Å². The molecule has 0 aliphatic carbocycles. The molecule has 1 nitrogen and oxygen atoms in total. The Morgan fingerprint density at radius 3 is 0.815 bits per heavy atom. The first kappa shape index (κ1) is 17.4. The van der Waals surface area contributed by atoms with Crippen molar-refractivity contribution in [2.24, 2.45) is 0 Å². The van der Waals surface area contributed by atoms with Gasteiger partial charge in [0.25, 0.3) is 0 Å². The summed E-state index contributed by atoms with van der Waals surface area (Å²) in [4.78, 5) is 13.4. The quantitative estimate of drug-likeness (QED) is 0.384. The van der Waals surface area contributed by atoms with E-state index in [2.05, 4.69) is 48.5 Å². The molecule has 0 saturated carbocycles. The Balaban J connectivity index is 2.29. The van der Waals surface area contributed by atoms with Crippen LogP contribution in [0.1, 0.15) is 0 Å². The molecule has 4 aromatic rings. The maximum atomic E-state index is 13.4. The van der Waals surface area contributed by atoms with Crippen LogP contribution in [0.2, 0.25) is 0 Å². The van der Waals surface area contributed by atoms with E-state index in [-0.39, 0.29) is 0 Å². The van der Waals surface area contributed by atoms with Crippen LogP contribution in [0.25, 0.3) is 0 Å². The van der Waals surface area contributed by atoms with Crippen molar-refractivity contribution in [1.29, 1.82) is 0 Å². The minimum absolute atomic E-state index is 1.06. The van der Waals surface area contributed by atoms with Crippen LogP contribution in [-0.4, -0.2) is 6.03 Å². The molecule has 0 fully saturated rings. The number of carbonyl (C=O) groups is 1. The van der Waals surface area contributed by atoms with Crippen molar-refractivity contribution in [2.45, 2.75) is 0 Å². The Bertz CT molecular complexity index is 859. The number of hydrogen-bond acceptors (Lipinski definition) is 1. The molecule has 0 N–H and O–H groups in total. The zero-order valence-corrected chi connectivity index (χ0v) is 15.9.